The summed E-state index contributed by atoms with van der Waals surface area (Å²) >= 11 is 0. The number of carbonyl (C=O) groups is 1. The fourth-order valence-electron chi connectivity index (χ4n) is 3.39. The van der Waals surface area contributed by atoms with Gasteiger partial charge in [0.15, 0.2) is 11.6 Å². The number of nitrogens with zero attached hydrogens (tertiary/aromatic N) is 1. The summed E-state index contributed by atoms with van der Waals surface area (Å²) in [6.45, 7) is 3.83. The third-order valence-corrected chi connectivity index (χ3v) is 4.35. The number of halogens is 3. The van der Waals surface area contributed by atoms with E-state index >= 15 is 0 Å². The molecule has 0 radical (unpaired) electrons. The van der Waals surface area contributed by atoms with Crippen LogP contribution in [0.3, 0.4) is 0 Å². The molecule has 1 amide bonds. The Morgan fingerprint density at radius 3 is 2.40 bits per heavy atom. The zero-order valence-electron chi connectivity index (χ0n) is 14.0. The molecule has 0 spiro atoms. The average Bonchev–Trinajstić information content (AvgIpc) is 2.84. The second-order valence-electron chi connectivity index (χ2n) is 6.29. The molecule has 0 aliphatic carbocycles. The Morgan fingerprint density at radius 1 is 1.12 bits per heavy atom. The molecule has 3 nitrogen and oxygen atoms in total. The van der Waals surface area contributed by atoms with Gasteiger partial charge in [0.05, 0.1) is 5.52 Å². The zero-order chi connectivity index (χ0) is 18.5. The monoisotopic (exact) mass is 346 g/mol. The minimum atomic E-state index is -1.26. The molecular formula is C19H17F3N2O. The highest BCUT2D eigenvalue weighted by molar-refractivity contribution is 6.05. The van der Waals surface area contributed by atoms with Crippen LogP contribution in [0.15, 0.2) is 30.3 Å². The first kappa shape index (κ1) is 17.1. The minimum absolute atomic E-state index is 0.0180. The fourth-order valence-corrected chi connectivity index (χ4v) is 3.39. The molecule has 25 heavy (non-hydrogen) atoms. The number of nitrogens with two attached hydrogens (primary N) is 1. The number of benzene rings is 2. The molecule has 6 heteroatoms. The van der Waals surface area contributed by atoms with Crippen molar-refractivity contribution in [1.82, 2.24) is 4.57 Å². The largest absolute Gasteiger partial charge is 0.364 e. The van der Waals surface area contributed by atoms with Crippen LogP contribution < -0.4 is 5.73 Å². The van der Waals surface area contributed by atoms with Crippen molar-refractivity contribution in [3.05, 3.63) is 59.0 Å². The van der Waals surface area contributed by atoms with Gasteiger partial charge in [0.1, 0.15) is 11.5 Å². The van der Waals surface area contributed by atoms with Gasteiger partial charge in [-0.3, -0.25) is 4.79 Å². The predicted molar refractivity (Wildman–Crippen MR) is 90.8 cm³/mol. The lowest BCUT2D eigenvalue weighted by molar-refractivity contribution is 0.0991. The normalized spacial score (nSPS) is 11.5. The fraction of sp³-hybridized carbons (Fsp3) is 0.211. The van der Waals surface area contributed by atoms with E-state index in [1.165, 1.54) is 0 Å². The van der Waals surface area contributed by atoms with E-state index < -0.39 is 23.4 Å². The highest BCUT2D eigenvalue weighted by Crippen LogP contribution is 2.38. The van der Waals surface area contributed by atoms with Crippen molar-refractivity contribution in [2.24, 2.45) is 12.8 Å². The predicted octanol–water partition coefficient (Wildman–Crippen LogP) is 4.48. The lowest BCUT2D eigenvalue weighted by atomic mass is 9.96. The van der Waals surface area contributed by atoms with E-state index in [4.69, 9.17) is 5.73 Å². The summed E-state index contributed by atoms with van der Waals surface area (Å²) in [7, 11) is 1.63. The lowest BCUT2D eigenvalue weighted by Gasteiger charge is -2.09. The maximum Gasteiger partial charge on any atom is 0.265 e. The van der Waals surface area contributed by atoms with Gasteiger partial charge in [-0.2, -0.15) is 0 Å². The molecule has 1 heterocycles. The van der Waals surface area contributed by atoms with E-state index in [2.05, 4.69) is 0 Å². The molecule has 0 bridgehead atoms. The molecule has 0 atom stereocenters. The van der Waals surface area contributed by atoms with E-state index in [0.29, 0.717) is 28.2 Å². The van der Waals surface area contributed by atoms with Gasteiger partial charge in [0.2, 0.25) is 0 Å². The van der Waals surface area contributed by atoms with Gasteiger partial charge < -0.3 is 10.3 Å². The summed E-state index contributed by atoms with van der Waals surface area (Å²) < 4.78 is 43.2. The van der Waals surface area contributed by atoms with Crippen molar-refractivity contribution in [3.8, 4) is 11.1 Å². The Balaban J connectivity index is 2.48. The van der Waals surface area contributed by atoms with Gasteiger partial charge in [-0.25, -0.2) is 13.2 Å². The van der Waals surface area contributed by atoms with E-state index in [1.54, 1.807) is 29.8 Å². The highest BCUT2D eigenvalue weighted by atomic mass is 19.2. The number of carbonyl (C=O) groups excluding carboxylic acids is 1. The third-order valence-electron chi connectivity index (χ3n) is 4.35. The van der Waals surface area contributed by atoms with Crippen LogP contribution >= 0.6 is 0 Å². The summed E-state index contributed by atoms with van der Waals surface area (Å²) in [6.07, 6.45) is 0. The topological polar surface area (TPSA) is 48.0 Å². The smallest absolute Gasteiger partial charge is 0.265 e. The number of hydrogen-bond donors (Lipinski definition) is 1. The summed E-state index contributed by atoms with van der Waals surface area (Å²) in [5.41, 5.74) is 7.16. The first-order valence-corrected chi connectivity index (χ1v) is 7.80. The molecule has 0 aliphatic heterocycles. The van der Waals surface area contributed by atoms with Gasteiger partial charge in [0, 0.05) is 29.6 Å². The van der Waals surface area contributed by atoms with Gasteiger partial charge in [-0.15, -0.1) is 0 Å². The number of para-hydroxylation sites is 1. The van der Waals surface area contributed by atoms with E-state index in [0.717, 1.165) is 11.6 Å². The quantitative estimate of drug-likeness (QED) is 0.698. The van der Waals surface area contributed by atoms with Crippen LogP contribution in [0.2, 0.25) is 0 Å². The van der Waals surface area contributed by atoms with Crippen LogP contribution in [-0.2, 0) is 7.05 Å². The van der Waals surface area contributed by atoms with Gasteiger partial charge in [0.25, 0.3) is 5.91 Å². The van der Waals surface area contributed by atoms with Gasteiger partial charge in [-0.05, 0) is 17.5 Å². The Hall–Kier alpha value is -2.76. The second-order valence-corrected chi connectivity index (χ2v) is 6.29. The molecule has 130 valence electrons. The molecular weight excluding hydrogens is 329 g/mol. The Morgan fingerprint density at radius 2 is 1.80 bits per heavy atom. The van der Waals surface area contributed by atoms with Crippen molar-refractivity contribution in [3.63, 3.8) is 0 Å². The van der Waals surface area contributed by atoms with Crippen LogP contribution in [0.25, 0.3) is 22.0 Å². The Kier molecular flexibility index (Phi) is 4.06. The number of fused-ring (bicyclic) bond motifs is 1. The molecule has 0 unspecified atom stereocenters. The van der Waals surface area contributed by atoms with Crippen molar-refractivity contribution < 1.29 is 18.0 Å². The standard InChI is InChI=1S/C19H17F3N2O/c1-9(2)15-12-6-4-5-11(17(12)24(3)18(15)19(23)25)13-7-10(20)8-14(21)16(13)22/h4-9H,1-3H3,(H2,23,25). The van der Waals surface area contributed by atoms with Crippen LogP contribution in [0, 0.1) is 17.5 Å². The van der Waals surface area contributed by atoms with Gasteiger partial charge in [-0.1, -0.05) is 32.0 Å². The number of primary amides is 1. The molecule has 0 fully saturated rings. The maximum absolute atomic E-state index is 14.3. The molecule has 3 aromatic rings. The molecule has 2 N–H and O–H groups in total. The molecule has 1 aromatic heterocycles. The van der Waals surface area contributed by atoms with Crippen LogP contribution in [0.1, 0.15) is 35.8 Å². The summed E-state index contributed by atoms with van der Waals surface area (Å²) in [4.78, 5) is 11.9. The molecule has 0 saturated heterocycles. The SMILES string of the molecule is CC(C)c1c(C(N)=O)n(C)c2c(-c3cc(F)cc(F)c3F)cccc12. The van der Waals surface area contributed by atoms with Crippen LogP contribution in [-0.4, -0.2) is 10.5 Å². The molecule has 3 rings (SSSR count). The maximum atomic E-state index is 14.3. The minimum Gasteiger partial charge on any atom is -0.364 e. The molecule has 0 aliphatic rings. The summed E-state index contributed by atoms with van der Waals surface area (Å²) in [5, 5.41) is 0.702. The average molecular weight is 346 g/mol. The number of rotatable bonds is 3. The first-order chi connectivity index (χ1) is 11.7. The van der Waals surface area contributed by atoms with Crippen LogP contribution in [0.4, 0.5) is 13.2 Å². The molecule has 2 aromatic carbocycles. The van der Waals surface area contributed by atoms with Crippen molar-refractivity contribution >= 4 is 16.8 Å². The first-order valence-electron chi connectivity index (χ1n) is 7.80. The second kappa shape index (κ2) is 5.95. The number of amides is 1. The van der Waals surface area contributed by atoms with Crippen molar-refractivity contribution in [2.75, 3.05) is 0 Å². The number of aromatic nitrogens is 1. The highest BCUT2D eigenvalue weighted by Gasteiger charge is 2.24. The number of hydrogen-bond acceptors (Lipinski definition) is 1. The molecule has 0 saturated carbocycles. The van der Waals surface area contributed by atoms with E-state index in [1.807, 2.05) is 13.8 Å². The van der Waals surface area contributed by atoms with Crippen molar-refractivity contribution in [1.29, 1.82) is 0 Å². The summed E-state index contributed by atoms with van der Waals surface area (Å²) in [5.74, 6) is -3.91. The van der Waals surface area contributed by atoms with Gasteiger partial charge >= 0.3 is 0 Å². The summed E-state index contributed by atoms with van der Waals surface area (Å²) in [6, 6.07) is 6.46. The Labute approximate surface area is 142 Å². The Bertz CT molecular complexity index is 1010. The van der Waals surface area contributed by atoms with Crippen molar-refractivity contribution in [2.45, 2.75) is 19.8 Å². The lowest BCUT2D eigenvalue weighted by Crippen LogP contribution is -2.17. The zero-order valence-corrected chi connectivity index (χ0v) is 14.0. The van der Waals surface area contributed by atoms with E-state index in [-0.39, 0.29) is 11.5 Å². The number of aryl methyl sites for hydroxylation is 1. The van der Waals surface area contributed by atoms with E-state index in [9.17, 15) is 18.0 Å². The third kappa shape index (κ3) is 2.58. The van der Waals surface area contributed by atoms with Crippen LogP contribution in [0.5, 0.6) is 0 Å².